The smallest absolute Gasteiger partial charge is 0.219 e. The van der Waals surface area contributed by atoms with Gasteiger partial charge < -0.3 is 19.9 Å². The molecule has 2 heterocycles. The number of hydrogen-bond acceptors (Lipinski definition) is 5. The van der Waals surface area contributed by atoms with Crippen LogP contribution in [0.3, 0.4) is 0 Å². The number of H-pyrrole nitrogens is 1. The third kappa shape index (κ3) is 5.51. The number of carbonyl (C=O) groups is 1. The van der Waals surface area contributed by atoms with Crippen molar-refractivity contribution < 1.29 is 9.53 Å². The zero-order chi connectivity index (χ0) is 24.9. The van der Waals surface area contributed by atoms with Gasteiger partial charge in [0.15, 0.2) is 5.82 Å². The normalized spacial score (nSPS) is 13.5. The standard InChI is InChI=1S/C29H31N5O2/c1-21-18-25(34-16-14-33(15-17-34)22(2)35)10-13-27(21)30-29-19-28(31-32-29)24-8-11-26(12-9-24)36-20-23-6-4-3-5-7-23/h3-13,18-19H,14-17,20H2,1-2H3,(H2,30,31,32). The Morgan fingerprint density at radius 3 is 2.42 bits per heavy atom. The molecule has 184 valence electrons. The van der Waals surface area contributed by atoms with E-state index in [1.165, 1.54) is 5.69 Å². The van der Waals surface area contributed by atoms with E-state index in [0.717, 1.165) is 65.8 Å². The second-order valence-electron chi connectivity index (χ2n) is 9.08. The zero-order valence-corrected chi connectivity index (χ0v) is 20.7. The summed E-state index contributed by atoms with van der Waals surface area (Å²) in [7, 11) is 0. The monoisotopic (exact) mass is 481 g/mol. The number of aromatic amines is 1. The number of anilines is 3. The SMILES string of the molecule is CC(=O)N1CCN(c2ccc(Nc3cc(-c4ccc(OCc5ccccc5)cc4)[nH]n3)c(C)c2)CC1. The summed E-state index contributed by atoms with van der Waals surface area (Å²) in [6.07, 6.45) is 0. The summed E-state index contributed by atoms with van der Waals surface area (Å²) in [5.41, 5.74) is 6.46. The van der Waals surface area contributed by atoms with Crippen LogP contribution in [-0.2, 0) is 11.4 Å². The van der Waals surface area contributed by atoms with Gasteiger partial charge in [-0.25, -0.2) is 0 Å². The Hall–Kier alpha value is -4.26. The molecule has 1 fully saturated rings. The molecule has 5 rings (SSSR count). The number of carbonyl (C=O) groups excluding carboxylic acids is 1. The lowest BCUT2D eigenvalue weighted by Crippen LogP contribution is -2.48. The van der Waals surface area contributed by atoms with E-state index >= 15 is 0 Å². The number of aryl methyl sites for hydroxylation is 1. The number of piperazine rings is 1. The molecule has 1 aliphatic heterocycles. The summed E-state index contributed by atoms with van der Waals surface area (Å²) in [6, 6.07) is 26.6. The van der Waals surface area contributed by atoms with Crippen LogP contribution in [0.4, 0.5) is 17.2 Å². The molecule has 7 heteroatoms. The highest BCUT2D eigenvalue weighted by molar-refractivity contribution is 5.74. The predicted octanol–water partition coefficient (Wildman–Crippen LogP) is 5.38. The number of rotatable bonds is 7. The van der Waals surface area contributed by atoms with E-state index in [1.807, 2.05) is 53.4 Å². The molecular weight excluding hydrogens is 450 g/mol. The van der Waals surface area contributed by atoms with Crippen molar-refractivity contribution >= 4 is 23.1 Å². The van der Waals surface area contributed by atoms with Gasteiger partial charge in [0.2, 0.25) is 5.91 Å². The highest BCUT2D eigenvalue weighted by Crippen LogP contribution is 2.28. The second kappa shape index (κ2) is 10.6. The lowest BCUT2D eigenvalue weighted by atomic mass is 10.1. The predicted molar refractivity (Wildman–Crippen MR) is 144 cm³/mol. The fraction of sp³-hybridized carbons (Fsp3) is 0.241. The van der Waals surface area contributed by atoms with Crippen LogP contribution in [0.25, 0.3) is 11.3 Å². The van der Waals surface area contributed by atoms with E-state index in [1.54, 1.807) is 6.92 Å². The largest absolute Gasteiger partial charge is 0.489 e. The van der Waals surface area contributed by atoms with Gasteiger partial charge in [-0.1, -0.05) is 30.3 Å². The van der Waals surface area contributed by atoms with E-state index in [4.69, 9.17) is 4.74 Å². The van der Waals surface area contributed by atoms with Crippen molar-refractivity contribution in [2.24, 2.45) is 0 Å². The van der Waals surface area contributed by atoms with E-state index in [-0.39, 0.29) is 5.91 Å². The molecular formula is C29H31N5O2. The molecule has 0 spiro atoms. The summed E-state index contributed by atoms with van der Waals surface area (Å²) >= 11 is 0. The van der Waals surface area contributed by atoms with E-state index in [0.29, 0.717) is 6.61 Å². The summed E-state index contributed by atoms with van der Waals surface area (Å²) in [4.78, 5) is 15.8. The molecule has 4 aromatic rings. The van der Waals surface area contributed by atoms with Crippen LogP contribution in [0, 0.1) is 6.92 Å². The zero-order valence-electron chi connectivity index (χ0n) is 20.7. The Morgan fingerprint density at radius 1 is 0.972 bits per heavy atom. The summed E-state index contributed by atoms with van der Waals surface area (Å²) < 4.78 is 5.89. The molecule has 1 aliphatic rings. The molecule has 2 N–H and O–H groups in total. The Bertz CT molecular complexity index is 1310. The quantitative estimate of drug-likeness (QED) is 0.371. The van der Waals surface area contributed by atoms with Gasteiger partial charge in [-0.15, -0.1) is 0 Å². The van der Waals surface area contributed by atoms with Crippen LogP contribution in [0.15, 0.2) is 78.9 Å². The number of amides is 1. The van der Waals surface area contributed by atoms with Crippen molar-refractivity contribution in [3.8, 4) is 17.0 Å². The van der Waals surface area contributed by atoms with Crippen molar-refractivity contribution in [1.82, 2.24) is 15.1 Å². The first-order valence-corrected chi connectivity index (χ1v) is 12.3. The maximum atomic E-state index is 11.6. The van der Waals surface area contributed by atoms with Gasteiger partial charge in [-0.05, 0) is 66.1 Å². The molecule has 3 aromatic carbocycles. The minimum atomic E-state index is 0.149. The Labute approximate surface area is 211 Å². The maximum absolute atomic E-state index is 11.6. The second-order valence-corrected chi connectivity index (χ2v) is 9.08. The molecule has 0 aliphatic carbocycles. The number of nitrogens with one attached hydrogen (secondary N) is 2. The first-order chi connectivity index (χ1) is 17.5. The molecule has 0 radical (unpaired) electrons. The van der Waals surface area contributed by atoms with Gasteiger partial charge in [0, 0.05) is 50.5 Å². The van der Waals surface area contributed by atoms with Crippen LogP contribution in [0.5, 0.6) is 5.75 Å². The third-order valence-corrected chi connectivity index (χ3v) is 6.55. The molecule has 0 unspecified atom stereocenters. The summed E-state index contributed by atoms with van der Waals surface area (Å²) in [5, 5.41) is 11.0. The molecule has 7 nitrogen and oxygen atoms in total. The van der Waals surface area contributed by atoms with E-state index in [9.17, 15) is 4.79 Å². The average Bonchev–Trinajstić information content (AvgIpc) is 3.38. The topological polar surface area (TPSA) is 73.5 Å². The fourth-order valence-corrected chi connectivity index (χ4v) is 4.41. The van der Waals surface area contributed by atoms with Gasteiger partial charge in [0.1, 0.15) is 12.4 Å². The van der Waals surface area contributed by atoms with Crippen molar-refractivity contribution in [3.05, 3.63) is 90.0 Å². The van der Waals surface area contributed by atoms with Crippen LogP contribution in [0.1, 0.15) is 18.1 Å². The van der Waals surface area contributed by atoms with Crippen molar-refractivity contribution in [1.29, 1.82) is 0 Å². The van der Waals surface area contributed by atoms with Crippen molar-refractivity contribution in [2.45, 2.75) is 20.5 Å². The summed E-state index contributed by atoms with van der Waals surface area (Å²) in [6.45, 7) is 7.52. The van der Waals surface area contributed by atoms with Crippen LogP contribution in [-0.4, -0.2) is 47.2 Å². The van der Waals surface area contributed by atoms with Gasteiger partial charge in [-0.3, -0.25) is 9.89 Å². The molecule has 0 bridgehead atoms. The molecule has 0 saturated carbocycles. The minimum absolute atomic E-state index is 0.149. The van der Waals surface area contributed by atoms with Crippen LogP contribution in [0.2, 0.25) is 0 Å². The lowest BCUT2D eigenvalue weighted by Gasteiger charge is -2.35. The number of hydrogen-bond donors (Lipinski definition) is 2. The number of aromatic nitrogens is 2. The van der Waals surface area contributed by atoms with Crippen LogP contribution < -0.4 is 15.0 Å². The Morgan fingerprint density at radius 2 is 1.72 bits per heavy atom. The molecule has 1 saturated heterocycles. The Kier molecular flexibility index (Phi) is 6.89. The van der Waals surface area contributed by atoms with Crippen molar-refractivity contribution in [3.63, 3.8) is 0 Å². The first kappa shape index (κ1) is 23.5. The maximum Gasteiger partial charge on any atom is 0.219 e. The Balaban J connectivity index is 1.19. The van der Waals surface area contributed by atoms with Gasteiger partial charge in [-0.2, -0.15) is 5.10 Å². The third-order valence-electron chi connectivity index (χ3n) is 6.55. The van der Waals surface area contributed by atoms with E-state index in [2.05, 4.69) is 57.7 Å². The lowest BCUT2D eigenvalue weighted by molar-refractivity contribution is -0.129. The molecule has 36 heavy (non-hydrogen) atoms. The van der Waals surface area contributed by atoms with Gasteiger partial charge >= 0.3 is 0 Å². The number of ether oxygens (including phenoxy) is 1. The van der Waals surface area contributed by atoms with Gasteiger partial charge in [0.25, 0.3) is 0 Å². The average molecular weight is 482 g/mol. The number of benzene rings is 3. The highest BCUT2D eigenvalue weighted by Gasteiger charge is 2.19. The molecule has 1 amide bonds. The molecule has 0 atom stereocenters. The van der Waals surface area contributed by atoms with Crippen molar-refractivity contribution in [2.75, 3.05) is 36.4 Å². The minimum Gasteiger partial charge on any atom is -0.489 e. The van der Waals surface area contributed by atoms with Crippen LogP contribution >= 0.6 is 0 Å². The van der Waals surface area contributed by atoms with E-state index < -0.39 is 0 Å². The summed E-state index contributed by atoms with van der Waals surface area (Å²) in [5.74, 6) is 1.75. The van der Waals surface area contributed by atoms with Gasteiger partial charge in [0.05, 0.1) is 5.69 Å². The first-order valence-electron chi connectivity index (χ1n) is 12.3. The molecule has 1 aromatic heterocycles. The highest BCUT2D eigenvalue weighted by atomic mass is 16.5. The number of nitrogens with zero attached hydrogens (tertiary/aromatic N) is 3. The fourth-order valence-electron chi connectivity index (χ4n) is 4.41.